The zero-order chi connectivity index (χ0) is 15.0. The van der Waals surface area contributed by atoms with Gasteiger partial charge in [-0.3, -0.25) is 0 Å². The van der Waals surface area contributed by atoms with E-state index in [1.807, 2.05) is 13.8 Å². The first-order valence-electron chi connectivity index (χ1n) is 5.86. The van der Waals surface area contributed by atoms with Gasteiger partial charge in [-0.15, -0.1) is 11.6 Å². The third-order valence-corrected chi connectivity index (χ3v) is 4.44. The zero-order valence-electron chi connectivity index (χ0n) is 10.8. The Labute approximate surface area is 134 Å². The lowest BCUT2D eigenvalue weighted by Crippen LogP contribution is -2.03. The number of aryl methyl sites for hydroxylation is 2. The smallest absolute Gasteiger partial charge is 0.132 e. The van der Waals surface area contributed by atoms with Crippen LogP contribution in [0.1, 0.15) is 27.6 Å². The van der Waals surface area contributed by atoms with Gasteiger partial charge in [0.15, 0.2) is 0 Å². The van der Waals surface area contributed by atoms with E-state index < -0.39 is 17.0 Å². The lowest BCUT2D eigenvalue weighted by molar-refractivity contribution is 0.557. The number of hydrogen-bond donors (Lipinski definition) is 0. The van der Waals surface area contributed by atoms with Gasteiger partial charge in [0.05, 0.1) is 5.38 Å². The number of halogens is 5. The standard InChI is InChI=1S/C15H11BrCl2F2/c1-7-4-11(17)8(2)3-10(7)15(18)14-12(19)5-9(16)6-13(14)20/h3-6,15H,1-2H3. The fourth-order valence-corrected chi connectivity index (χ4v) is 3.09. The summed E-state index contributed by atoms with van der Waals surface area (Å²) < 4.78 is 28.3. The van der Waals surface area contributed by atoms with Gasteiger partial charge in [-0.05, 0) is 48.7 Å². The third-order valence-electron chi connectivity index (χ3n) is 3.12. The van der Waals surface area contributed by atoms with Crippen molar-refractivity contribution >= 4 is 39.1 Å². The molecule has 0 radical (unpaired) electrons. The first-order valence-corrected chi connectivity index (χ1v) is 7.47. The summed E-state index contributed by atoms with van der Waals surface area (Å²) in [5.41, 5.74) is 2.10. The maximum absolute atomic E-state index is 14.0. The van der Waals surface area contributed by atoms with E-state index in [4.69, 9.17) is 23.2 Å². The molecule has 0 aliphatic rings. The second-order valence-corrected chi connectivity index (χ2v) is 6.36. The van der Waals surface area contributed by atoms with Crippen molar-refractivity contribution < 1.29 is 8.78 Å². The molecule has 0 saturated carbocycles. The van der Waals surface area contributed by atoms with Gasteiger partial charge in [-0.2, -0.15) is 0 Å². The van der Waals surface area contributed by atoms with Gasteiger partial charge in [0.25, 0.3) is 0 Å². The average Bonchev–Trinajstić information content (AvgIpc) is 2.32. The topological polar surface area (TPSA) is 0 Å². The molecule has 0 nitrogen and oxygen atoms in total. The summed E-state index contributed by atoms with van der Waals surface area (Å²) in [4.78, 5) is 0. The Morgan fingerprint density at radius 2 is 1.55 bits per heavy atom. The zero-order valence-corrected chi connectivity index (χ0v) is 13.9. The highest BCUT2D eigenvalue weighted by molar-refractivity contribution is 9.10. The molecule has 0 bridgehead atoms. The highest BCUT2D eigenvalue weighted by Crippen LogP contribution is 2.37. The quantitative estimate of drug-likeness (QED) is 0.535. The van der Waals surface area contributed by atoms with Gasteiger partial charge in [0.1, 0.15) is 11.6 Å². The van der Waals surface area contributed by atoms with Gasteiger partial charge in [0, 0.05) is 15.1 Å². The van der Waals surface area contributed by atoms with Crippen LogP contribution in [0.25, 0.3) is 0 Å². The SMILES string of the molecule is Cc1cc(C(Cl)c2c(F)cc(Br)cc2F)c(C)cc1Cl. The highest BCUT2D eigenvalue weighted by atomic mass is 79.9. The maximum atomic E-state index is 14.0. The molecule has 0 fully saturated rings. The minimum Gasteiger partial charge on any atom is -0.206 e. The molecule has 1 unspecified atom stereocenters. The van der Waals surface area contributed by atoms with Crippen LogP contribution in [-0.2, 0) is 0 Å². The number of alkyl halides is 1. The molecule has 1 atom stereocenters. The second kappa shape index (κ2) is 6.00. The Morgan fingerprint density at radius 3 is 2.10 bits per heavy atom. The van der Waals surface area contributed by atoms with Crippen molar-refractivity contribution in [1.29, 1.82) is 0 Å². The fraction of sp³-hybridized carbons (Fsp3) is 0.200. The van der Waals surface area contributed by atoms with Gasteiger partial charge in [-0.25, -0.2) is 8.78 Å². The first kappa shape index (κ1) is 15.7. The number of hydrogen-bond acceptors (Lipinski definition) is 0. The van der Waals surface area contributed by atoms with Crippen molar-refractivity contribution in [3.63, 3.8) is 0 Å². The van der Waals surface area contributed by atoms with Crippen LogP contribution in [0.2, 0.25) is 5.02 Å². The molecular weight excluding hydrogens is 369 g/mol. The third kappa shape index (κ3) is 3.00. The average molecular weight is 380 g/mol. The molecular formula is C15H11BrCl2F2. The van der Waals surface area contributed by atoms with Crippen molar-refractivity contribution in [3.8, 4) is 0 Å². The Hall–Kier alpha value is -0.640. The predicted octanol–water partition coefficient (Wildman–Crippen LogP) is 6.33. The van der Waals surface area contributed by atoms with Crippen molar-refractivity contribution in [2.45, 2.75) is 19.2 Å². The second-order valence-electron chi connectivity index (χ2n) is 4.60. The molecule has 0 spiro atoms. The summed E-state index contributed by atoms with van der Waals surface area (Å²) in [7, 11) is 0. The van der Waals surface area contributed by atoms with E-state index in [-0.39, 0.29) is 5.56 Å². The summed E-state index contributed by atoms with van der Waals surface area (Å²) >= 11 is 15.4. The van der Waals surface area contributed by atoms with Gasteiger partial charge < -0.3 is 0 Å². The van der Waals surface area contributed by atoms with Crippen LogP contribution >= 0.6 is 39.1 Å². The van der Waals surface area contributed by atoms with Gasteiger partial charge in [0.2, 0.25) is 0 Å². The van der Waals surface area contributed by atoms with Crippen molar-refractivity contribution in [2.75, 3.05) is 0 Å². The Bertz CT molecular complexity index is 648. The highest BCUT2D eigenvalue weighted by Gasteiger charge is 2.22. The molecule has 0 aromatic heterocycles. The van der Waals surface area contributed by atoms with Crippen LogP contribution in [0, 0.1) is 25.5 Å². The molecule has 0 aliphatic carbocycles. The molecule has 2 aromatic carbocycles. The van der Waals surface area contributed by atoms with Crippen LogP contribution in [0.15, 0.2) is 28.7 Å². The summed E-state index contributed by atoms with van der Waals surface area (Å²) in [5.74, 6) is -1.35. The minimum absolute atomic E-state index is 0.153. The van der Waals surface area contributed by atoms with E-state index in [1.165, 1.54) is 12.1 Å². The molecule has 5 heteroatoms. The molecule has 0 heterocycles. The molecule has 106 valence electrons. The van der Waals surface area contributed by atoms with Crippen LogP contribution < -0.4 is 0 Å². The van der Waals surface area contributed by atoms with Gasteiger partial charge >= 0.3 is 0 Å². The van der Waals surface area contributed by atoms with E-state index in [0.717, 1.165) is 11.1 Å². The molecule has 0 N–H and O–H groups in total. The van der Waals surface area contributed by atoms with Crippen LogP contribution in [0.3, 0.4) is 0 Å². The van der Waals surface area contributed by atoms with E-state index in [9.17, 15) is 8.78 Å². The van der Waals surface area contributed by atoms with Crippen molar-refractivity contribution in [3.05, 3.63) is 67.6 Å². The predicted molar refractivity (Wildman–Crippen MR) is 82.7 cm³/mol. The maximum Gasteiger partial charge on any atom is 0.132 e. The van der Waals surface area contributed by atoms with Gasteiger partial charge in [-0.1, -0.05) is 33.6 Å². The monoisotopic (exact) mass is 378 g/mol. The Morgan fingerprint density at radius 1 is 1.00 bits per heavy atom. The molecule has 0 aliphatic heterocycles. The van der Waals surface area contributed by atoms with Crippen molar-refractivity contribution in [2.24, 2.45) is 0 Å². The van der Waals surface area contributed by atoms with Crippen LogP contribution in [0.5, 0.6) is 0 Å². The lowest BCUT2D eigenvalue weighted by atomic mass is 9.97. The number of rotatable bonds is 2. The summed E-state index contributed by atoms with van der Waals surface area (Å²) in [6, 6.07) is 5.91. The Kier molecular flexibility index (Phi) is 4.73. The number of benzene rings is 2. The minimum atomic E-state index is -0.904. The molecule has 2 rings (SSSR count). The summed E-state index contributed by atoms with van der Waals surface area (Å²) in [6.07, 6.45) is 0. The molecule has 0 amide bonds. The molecule has 20 heavy (non-hydrogen) atoms. The van der Waals surface area contributed by atoms with E-state index in [2.05, 4.69) is 15.9 Å². The van der Waals surface area contributed by atoms with Crippen molar-refractivity contribution in [1.82, 2.24) is 0 Å². The fourth-order valence-electron chi connectivity index (χ4n) is 2.03. The normalized spacial score (nSPS) is 12.6. The van der Waals surface area contributed by atoms with E-state index >= 15 is 0 Å². The summed E-state index contributed by atoms with van der Waals surface area (Å²) in [5, 5.41) is -0.300. The molecule has 2 aromatic rings. The Balaban J connectivity index is 2.57. The first-order chi connectivity index (χ1) is 9.31. The van der Waals surface area contributed by atoms with Crippen LogP contribution in [0.4, 0.5) is 8.78 Å². The van der Waals surface area contributed by atoms with E-state index in [1.54, 1.807) is 12.1 Å². The molecule has 0 saturated heterocycles. The van der Waals surface area contributed by atoms with Crippen LogP contribution in [-0.4, -0.2) is 0 Å². The summed E-state index contributed by atoms with van der Waals surface area (Å²) in [6.45, 7) is 3.63. The largest absolute Gasteiger partial charge is 0.206 e. The van der Waals surface area contributed by atoms with E-state index in [0.29, 0.717) is 15.1 Å². The lowest BCUT2D eigenvalue weighted by Gasteiger charge is -2.16.